The standard InChI is InChI=1S/C14H19BrN2O/c1-10-8-16-9-11(2)17(10)14(18)7-12-4-3-5-13(15)6-12/h3-6,10-11,16H,7-9H2,1-2H3. The van der Waals surface area contributed by atoms with Crippen molar-refractivity contribution in [1.82, 2.24) is 10.2 Å². The quantitative estimate of drug-likeness (QED) is 0.908. The van der Waals surface area contributed by atoms with Crippen molar-refractivity contribution in [3.63, 3.8) is 0 Å². The Morgan fingerprint density at radius 2 is 2.06 bits per heavy atom. The number of halogens is 1. The van der Waals surface area contributed by atoms with Gasteiger partial charge in [-0.3, -0.25) is 4.79 Å². The van der Waals surface area contributed by atoms with E-state index < -0.39 is 0 Å². The lowest BCUT2D eigenvalue weighted by molar-refractivity contribution is -0.135. The Kier molecular flexibility index (Phi) is 4.40. The predicted octanol–water partition coefficient (Wildman–Crippen LogP) is 2.20. The Morgan fingerprint density at radius 1 is 1.39 bits per heavy atom. The van der Waals surface area contributed by atoms with E-state index in [1.54, 1.807) is 0 Å². The lowest BCUT2D eigenvalue weighted by atomic mass is 10.1. The Bertz CT molecular complexity index is 426. The van der Waals surface area contributed by atoms with Crippen LogP contribution in [0.25, 0.3) is 0 Å². The first-order valence-electron chi connectivity index (χ1n) is 6.34. The molecule has 0 aromatic heterocycles. The molecule has 3 nitrogen and oxygen atoms in total. The van der Waals surface area contributed by atoms with Crippen LogP contribution in [-0.2, 0) is 11.2 Å². The largest absolute Gasteiger partial charge is 0.334 e. The first kappa shape index (κ1) is 13.6. The van der Waals surface area contributed by atoms with Crippen LogP contribution in [0.15, 0.2) is 28.7 Å². The third-order valence-corrected chi connectivity index (χ3v) is 3.85. The molecule has 0 spiro atoms. The zero-order chi connectivity index (χ0) is 13.1. The molecule has 1 saturated heterocycles. The van der Waals surface area contributed by atoms with Crippen molar-refractivity contribution in [3.05, 3.63) is 34.3 Å². The molecule has 1 aliphatic rings. The van der Waals surface area contributed by atoms with Gasteiger partial charge in [-0.05, 0) is 31.5 Å². The van der Waals surface area contributed by atoms with Crippen molar-refractivity contribution in [1.29, 1.82) is 0 Å². The molecule has 2 atom stereocenters. The maximum atomic E-state index is 12.4. The normalized spacial score (nSPS) is 24.1. The minimum atomic E-state index is 0.217. The van der Waals surface area contributed by atoms with E-state index in [2.05, 4.69) is 35.1 Å². The van der Waals surface area contributed by atoms with Crippen molar-refractivity contribution in [2.45, 2.75) is 32.4 Å². The number of carbonyl (C=O) groups excluding carboxylic acids is 1. The van der Waals surface area contributed by atoms with Gasteiger partial charge in [-0.2, -0.15) is 0 Å². The monoisotopic (exact) mass is 310 g/mol. The van der Waals surface area contributed by atoms with E-state index in [-0.39, 0.29) is 18.0 Å². The molecule has 1 aromatic rings. The SMILES string of the molecule is CC1CNCC(C)N1C(=O)Cc1cccc(Br)c1. The third-order valence-electron chi connectivity index (χ3n) is 3.36. The molecule has 18 heavy (non-hydrogen) atoms. The van der Waals surface area contributed by atoms with Crippen LogP contribution in [0.1, 0.15) is 19.4 Å². The van der Waals surface area contributed by atoms with Crippen molar-refractivity contribution >= 4 is 21.8 Å². The van der Waals surface area contributed by atoms with Gasteiger partial charge in [0.25, 0.3) is 0 Å². The average Bonchev–Trinajstić information content (AvgIpc) is 2.28. The van der Waals surface area contributed by atoms with Crippen LogP contribution in [0.5, 0.6) is 0 Å². The van der Waals surface area contributed by atoms with Gasteiger partial charge in [-0.1, -0.05) is 28.1 Å². The van der Waals surface area contributed by atoms with E-state index in [1.165, 1.54) is 0 Å². The number of nitrogens with one attached hydrogen (secondary N) is 1. The van der Waals surface area contributed by atoms with Gasteiger partial charge in [0.1, 0.15) is 0 Å². The third kappa shape index (κ3) is 3.12. The van der Waals surface area contributed by atoms with E-state index in [0.29, 0.717) is 6.42 Å². The maximum absolute atomic E-state index is 12.4. The van der Waals surface area contributed by atoms with Gasteiger partial charge in [0.15, 0.2) is 0 Å². The molecule has 1 aromatic carbocycles. The average molecular weight is 311 g/mol. The molecule has 0 aliphatic carbocycles. The summed E-state index contributed by atoms with van der Waals surface area (Å²) in [5, 5.41) is 3.34. The van der Waals surface area contributed by atoms with Crippen molar-refractivity contribution in [2.75, 3.05) is 13.1 Å². The second kappa shape index (κ2) is 5.85. The summed E-state index contributed by atoms with van der Waals surface area (Å²) in [7, 11) is 0. The zero-order valence-electron chi connectivity index (χ0n) is 10.8. The molecule has 1 N–H and O–H groups in total. The highest BCUT2D eigenvalue weighted by molar-refractivity contribution is 9.10. The minimum absolute atomic E-state index is 0.217. The van der Waals surface area contributed by atoms with Crippen molar-refractivity contribution < 1.29 is 4.79 Å². The van der Waals surface area contributed by atoms with E-state index >= 15 is 0 Å². The van der Waals surface area contributed by atoms with E-state index in [9.17, 15) is 4.79 Å². The number of hydrogen-bond donors (Lipinski definition) is 1. The fraction of sp³-hybridized carbons (Fsp3) is 0.500. The highest BCUT2D eigenvalue weighted by atomic mass is 79.9. The van der Waals surface area contributed by atoms with Crippen LogP contribution < -0.4 is 5.32 Å². The Morgan fingerprint density at radius 3 is 2.67 bits per heavy atom. The molecular weight excluding hydrogens is 292 g/mol. The van der Waals surface area contributed by atoms with Crippen LogP contribution in [0.4, 0.5) is 0 Å². The van der Waals surface area contributed by atoms with Crippen LogP contribution in [0.3, 0.4) is 0 Å². The van der Waals surface area contributed by atoms with Crippen LogP contribution in [-0.4, -0.2) is 36.0 Å². The van der Waals surface area contributed by atoms with Crippen LogP contribution in [0.2, 0.25) is 0 Å². The molecule has 0 bridgehead atoms. The summed E-state index contributed by atoms with van der Waals surface area (Å²) in [6.07, 6.45) is 0.480. The highest BCUT2D eigenvalue weighted by Gasteiger charge is 2.28. The van der Waals surface area contributed by atoms with E-state index in [1.807, 2.05) is 29.2 Å². The Labute approximate surface area is 117 Å². The number of amides is 1. The van der Waals surface area contributed by atoms with Crippen molar-refractivity contribution in [3.8, 4) is 0 Å². The topological polar surface area (TPSA) is 32.3 Å². The first-order chi connectivity index (χ1) is 8.58. The smallest absolute Gasteiger partial charge is 0.227 e. The molecule has 98 valence electrons. The lowest BCUT2D eigenvalue weighted by Crippen LogP contribution is -2.57. The summed E-state index contributed by atoms with van der Waals surface area (Å²) in [5.41, 5.74) is 1.06. The summed E-state index contributed by atoms with van der Waals surface area (Å²) in [5.74, 6) is 0.217. The second-order valence-electron chi connectivity index (χ2n) is 4.96. The number of hydrogen-bond acceptors (Lipinski definition) is 2. The molecule has 1 amide bonds. The Hall–Kier alpha value is -0.870. The summed E-state index contributed by atoms with van der Waals surface area (Å²) < 4.78 is 1.02. The van der Waals surface area contributed by atoms with Crippen molar-refractivity contribution in [2.24, 2.45) is 0 Å². The Balaban J connectivity index is 2.07. The number of rotatable bonds is 2. The summed E-state index contributed by atoms with van der Waals surface area (Å²) >= 11 is 3.44. The molecule has 1 heterocycles. The van der Waals surface area contributed by atoms with Gasteiger partial charge in [-0.15, -0.1) is 0 Å². The predicted molar refractivity (Wildman–Crippen MR) is 76.5 cm³/mol. The molecule has 2 rings (SSSR count). The number of nitrogens with zero attached hydrogens (tertiary/aromatic N) is 1. The number of benzene rings is 1. The van der Waals surface area contributed by atoms with Crippen LogP contribution in [0, 0.1) is 0 Å². The molecule has 4 heteroatoms. The summed E-state index contributed by atoms with van der Waals surface area (Å²) in [6, 6.07) is 8.50. The summed E-state index contributed by atoms with van der Waals surface area (Å²) in [4.78, 5) is 14.4. The first-order valence-corrected chi connectivity index (χ1v) is 7.13. The highest BCUT2D eigenvalue weighted by Crippen LogP contribution is 2.16. The van der Waals surface area contributed by atoms with Crippen LogP contribution >= 0.6 is 15.9 Å². The summed E-state index contributed by atoms with van der Waals surface area (Å²) in [6.45, 7) is 5.96. The van der Waals surface area contributed by atoms with Gasteiger partial charge in [0, 0.05) is 29.6 Å². The lowest BCUT2D eigenvalue weighted by Gasteiger charge is -2.39. The van der Waals surface area contributed by atoms with Gasteiger partial charge in [-0.25, -0.2) is 0 Å². The zero-order valence-corrected chi connectivity index (χ0v) is 12.4. The molecular formula is C14H19BrN2O. The van der Waals surface area contributed by atoms with Gasteiger partial charge < -0.3 is 10.2 Å². The number of carbonyl (C=O) groups is 1. The molecule has 2 unspecified atom stereocenters. The fourth-order valence-corrected chi connectivity index (χ4v) is 2.98. The van der Waals surface area contributed by atoms with Gasteiger partial charge >= 0.3 is 0 Å². The molecule has 1 fully saturated rings. The fourth-order valence-electron chi connectivity index (χ4n) is 2.54. The molecule has 0 saturated carbocycles. The number of piperazine rings is 1. The second-order valence-corrected chi connectivity index (χ2v) is 5.88. The van der Waals surface area contributed by atoms with Gasteiger partial charge in [0.05, 0.1) is 6.42 Å². The minimum Gasteiger partial charge on any atom is -0.334 e. The molecule has 1 aliphatic heterocycles. The maximum Gasteiger partial charge on any atom is 0.227 e. The van der Waals surface area contributed by atoms with Gasteiger partial charge in [0.2, 0.25) is 5.91 Å². The molecule has 0 radical (unpaired) electrons. The van der Waals surface area contributed by atoms with E-state index in [0.717, 1.165) is 23.1 Å². The van der Waals surface area contributed by atoms with E-state index in [4.69, 9.17) is 0 Å².